The van der Waals surface area contributed by atoms with Gasteiger partial charge in [0.1, 0.15) is 0 Å². The van der Waals surface area contributed by atoms with Gasteiger partial charge in [-0.05, 0) is 115 Å². The number of aryl methyl sites for hydroxylation is 1. The Morgan fingerprint density at radius 3 is 2.37 bits per heavy atom. The van der Waals surface area contributed by atoms with Gasteiger partial charge in [0.15, 0.2) is 0 Å². The summed E-state index contributed by atoms with van der Waals surface area (Å²) in [5, 5.41) is 18.9. The summed E-state index contributed by atoms with van der Waals surface area (Å²) in [6.45, 7) is 23.9. The van der Waals surface area contributed by atoms with Crippen LogP contribution in [0.4, 0.5) is 0 Å². The highest BCUT2D eigenvalue weighted by Crippen LogP contribution is 2.76. The Bertz CT molecular complexity index is 1250. The molecule has 0 bridgehead atoms. The molecule has 2 N–H and O–H groups in total. The molecule has 5 aliphatic carbocycles. The van der Waals surface area contributed by atoms with E-state index in [2.05, 4.69) is 73.1 Å². The van der Waals surface area contributed by atoms with Crippen LogP contribution in [0.15, 0.2) is 23.8 Å². The number of nitrogens with zero attached hydrogens (tertiary/aromatic N) is 1. The third-order valence-electron chi connectivity index (χ3n) is 13.8. The topological polar surface area (TPSA) is 66.0 Å². The van der Waals surface area contributed by atoms with Crippen molar-refractivity contribution in [3.8, 4) is 0 Å². The van der Waals surface area contributed by atoms with E-state index in [-0.39, 0.29) is 33.0 Å². The van der Waals surface area contributed by atoms with Gasteiger partial charge in [-0.1, -0.05) is 66.7 Å². The Morgan fingerprint density at radius 2 is 1.71 bits per heavy atom. The maximum Gasteiger partial charge on any atom is 0.310 e. The molecule has 4 nitrogen and oxygen atoms in total. The molecular formula is C34H50N2O2. The maximum absolute atomic E-state index is 13.0. The molecule has 0 radical (unpaired) electrons. The monoisotopic (exact) mass is 518 g/mol. The molecule has 3 fully saturated rings. The normalized spacial score (nSPS) is 44.7. The molecule has 0 aliphatic heterocycles. The van der Waals surface area contributed by atoms with Crippen molar-refractivity contribution < 1.29 is 9.90 Å². The van der Waals surface area contributed by atoms with Crippen LogP contribution in [0.2, 0.25) is 0 Å². The predicted molar refractivity (Wildman–Crippen MR) is 153 cm³/mol. The SMILES string of the molecule is C=CC1=C2[C@@H]3CC(C)(C)CC[C@]3(C(=O)O)CC[C@@]2(C)[C@]2(C)CC[C@H]3C(C)(C)c4n[nH]c(C)c4C[C@]3(C)C2C1. The van der Waals surface area contributed by atoms with Gasteiger partial charge in [-0.15, -0.1) is 0 Å². The zero-order chi connectivity index (χ0) is 27.7. The first kappa shape index (κ1) is 26.4. The lowest BCUT2D eigenvalue weighted by molar-refractivity contribution is -0.177. The highest BCUT2D eigenvalue weighted by molar-refractivity contribution is 5.77. The Morgan fingerprint density at radius 1 is 1.03 bits per heavy atom. The summed E-state index contributed by atoms with van der Waals surface area (Å²) < 4.78 is 0. The van der Waals surface area contributed by atoms with Crippen molar-refractivity contribution in [2.45, 2.75) is 119 Å². The molecule has 4 heteroatoms. The molecule has 0 saturated heterocycles. The van der Waals surface area contributed by atoms with E-state index < -0.39 is 11.4 Å². The average molecular weight is 519 g/mol. The molecular weight excluding hydrogens is 468 g/mol. The van der Waals surface area contributed by atoms with Crippen molar-refractivity contribution in [2.75, 3.05) is 0 Å². The molecule has 0 amide bonds. The van der Waals surface area contributed by atoms with Crippen molar-refractivity contribution in [1.82, 2.24) is 10.2 Å². The standard InChI is InChI=1S/C34H50N2O2/c1-10-21-17-25-31(7)18-22-20(2)35-36-27(22)30(5,6)24(31)11-12-32(25,8)33(9)14-16-34(28(37)38)15-13-29(3,4)19-23(34)26(21)33/h10,23-25H,1,11-19H2,2-9H3,(H,35,36)(H,37,38)/t23-,24-,25?,31-,32+,33+,34-/m0/s1. The van der Waals surface area contributed by atoms with Crippen LogP contribution < -0.4 is 0 Å². The molecule has 5 aliphatic rings. The first-order chi connectivity index (χ1) is 17.6. The Balaban J connectivity index is 1.54. The number of allylic oxidation sites excluding steroid dienone is 3. The van der Waals surface area contributed by atoms with Crippen molar-refractivity contribution in [2.24, 2.45) is 44.8 Å². The number of H-pyrrole nitrogens is 1. The number of fused-ring (bicyclic) bond motifs is 8. The summed E-state index contributed by atoms with van der Waals surface area (Å²) in [4.78, 5) is 13.0. The summed E-state index contributed by atoms with van der Waals surface area (Å²) >= 11 is 0. The molecule has 0 aromatic carbocycles. The molecule has 7 atom stereocenters. The second-order valence-electron chi connectivity index (χ2n) is 16.2. The van der Waals surface area contributed by atoms with E-state index in [0.717, 1.165) is 44.9 Å². The number of aromatic amines is 1. The van der Waals surface area contributed by atoms with Gasteiger partial charge in [0.25, 0.3) is 0 Å². The van der Waals surface area contributed by atoms with Gasteiger partial charge in [-0.2, -0.15) is 5.10 Å². The van der Waals surface area contributed by atoms with Crippen LogP contribution >= 0.6 is 0 Å². The van der Waals surface area contributed by atoms with E-state index in [1.165, 1.54) is 40.9 Å². The van der Waals surface area contributed by atoms with Crippen LogP contribution in [0, 0.1) is 51.8 Å². The third kappa shape index (κ3) is 2.99. The van der Waals surface area contributed by atoms with Gasteiger partial charge in [-0.25, -0.2) is 0 Å². The fourth-order valence-corrected chi connectivity index (χ4v) is 11.5. The zero-order valence-electron chi connectivity index (χ0n) is 25.2. The zero-order valence-corrected chi connectivity index (χ0v) is 25.2. The minimum atomic E-state index is -0.613. The third-order valence-corrected chi connectivity index (χ3v) is 13.8. The smallest absolute Gasteiger partial charge is 0.310 e. The van der Waals surface area contributed by atoms with E-state index >= 15 is 0 Å². The van der Waals surface area contributed by atoms with Gasteiger partial charge in [0.05, 0.1) is 11.1 Å². The lowest BCUT2D eigenvalue weighted by atomic mass is 9.33. The molecule has 6 rings (SSSR count). The Hall–Kier alpha value is -1.84. The van der Waals surface area contributed by atoms with E-state index in [9.17, 15) is 9.90 Å². The van der Waals surface area contributed by atoms with Crippen molar-refractivity contribution in [1.29, 1.82) is 0 Å². The number of nitrogens with one attached hydrogen (secondary N) is 1. The molecule has 0 spiro atoms. The number of carbonyl (C=O) groups is 1. The molecule has 1 aromatic rings. The predicted octanol–water partition coefficient (Wildman–Crippen LogP) is 8.17. The van der Waals surface area contributed by atoms with Gasteiger partial charge in [0, 0.05) is 11.1 Å². The fourth-order valence-electron chi connectivity index (χ4n) is 11.5. The van der Waals surface area contributed by atoms with E-state index in [4.69, 9.17) is 5.10 Å². The second-order valence-corrected chi connectivity index (χ2v) is 16.2. The molecule has 1 aromatic heterocycles. The fraction of sp³-hybridized carbons (Fsp3) is 0.765. The Kier molecular flexibility index (Phi) is 5.32. The van der Waals surface area contributed by atoms with Crippen LogP contribution in [-0.2, 0) is 16.6 Å². The highest BCUT2D eigenvalue weighted by Gasteiger charge is 2.70. The number of aromatic nitrogens is 2. The van der Waals surface area contributed by atoms with Crippen molar-refractivity contribution >= 4 is 5.97 Å². The first-order valence-corrected chi connectivity index (χ1v) is 15.2. The van der Waals surface area contributed by atoms with Gasteiger partial charge >= 0.3 is 5.97 Å². The number of carboxylic acid groups (broad SMARTS) is 1. The Labute approximate surface area is 230 Å². The van der Waals surface area contributed by atoms with E-state index in [1.54, 1.807) is 0 Å². The molecule has 1 heterocycles. The van der Waals surface area contributed by atoms with E-state index in [1.807, 2.05) is 0 Å². The van der Waals surface area contributed by atoms with Gasteiger partial charge < -0.3 is 5.11 Å². The second kappa shape index (κ2) is 7.67. The summed E-state index contributed by atoms with van der Waals surface area (Å²) in [5.41, 5.74) is 6.73. The van der Waals surface area contributed by atoms with Gasteiger partial charge in [-0.3, -0.25) is 9.89 Å². The molecule has 38 heavy (non-hydrogen) atoms. The first-order valence-electron chi connectivity index (χ1n) is 15.2. The van der Waals surface area contributed by atoms with Crippen LogP contribution in [0.3, 0.4) is 0 Å². The van der Waals surface area contributed by atoms with Crippen LogP contribution in [0.5, 0.6) is 0 Å². The van der Waals surface area contributed by atoms with Crippen molar-refractivity contribution in [3.05, 3.63) is 40.8 Å². The quantitative estimate of drug-likeness (QED) is 0.415. The summed E-state index contributed by atoms with van der Waals surface area (Å²) in [6, 6.07) is 0. The molecule has 3 saturated carbocycles. The van der Waals surface area contributed by atoms with E-state index in [0.29, 0.717) is 11.8 Å². The summed E-state index contributed by atoms with van der Waals surface area (Å²) in [5.74, 6) is 0.668. The average Bonchev–Trinajstić information content (AvgIpc) is 3.19. The number of aliphatic carboxylic acids is 1. The number of hydrogen-bond donors (Lipinski definition) is 2. The van der Waals surface area contributed by atoms with Crippen LogP contribution in [0.25, 0.3) is 0 Å². The lowest BCUT2D eigenvalue weighted by Gasteiger charge is -2.71. The largest absolute Gasteiger partial charge is 0.481 e. The molecule has 208 valence electrons. The number of hydrogen-bond acceptors (Lipinski definition) is 2. The van der Waals surface area contributed by atoms with Gasteiger partial charge in [0.2, 0.25) is 0 Å². The van der Waals surface area contributed by atoms with Crippen LogP contribution in [-0.4, -0.2) is 21.3 Å². The number of carboxylic acids is 1. The minimum Gasteiger partial charge on any atom is -0.481 e. The number of rotatable bonds is 2. The minimum absolute atomic E-state index is 0.000315. The summed E-state index contributed by atoms with van der Waals surface area (Å²) in [6.07, 6.45) is 11.3. The van der Waals surface area contributed by atoms with Crippen LogP contribution in [0.1, 0.15) is 117 Å². The summed E-state index contributed by atoms with van der Waals surface area (Å²) in [7, 11) is 0. The highest BCUT2D eigenvalue weighted by atomic mass is 16.4. The molecule has 1 unspecified atom stereocenters. The van der Waals surface area contributed by atoms with Crippen molar-refractivity contribution in [3.63, 3.8) is 0 Å². The maximum atomic E-state index is 13.0. The lowest BCUT2D eigenvalue weighted by Crippen LogP contribution is -2.65.